The van der Waals surface area contributed by atoms with E-state index in [9.17, 15) is 4.79 Å². The standard InChI is InChI=1S/C9H13ClO/c10-8-4-6-2-1-3-7(6)5-9(8)11/h6-8H,1-5H2/t6-,7-,8-/m1/s1. The Labute approximate surface area is 72.1 Å². The number of ketones is 1. The molecule has 3 atom stereocenters. The number of hydrogen-bond acceptors (Lipinski definition) is 1. The van der Waals surface area contributed by atoms with Crippen LogP contribution in [0.1, 0.15) is 32.1 Å². The third-order valence-corrected chi connectivity index (χ3v) is 3.56. The van der Waals surface area contributed by atoms with Gasteiger partial charge < -0.3 is 0 Å². The van der Waals surface area contributed by atoms with Crippen LogP contribution in [0.3, 0.4) is 0 Å². The molecule has 0 aromatic heterocycles. The van der Waals surface area contributed by atoms with Crippen LogP contribution in [0.15, 0.2) is 0 Å². The van der Waals surface area contributed by atoms with Crippen LogP contribution in [0.25, 0.3) is 0 Å². The number of halogens is 1. The molecule has 0 aliphatic heterocycles. The van der Waals surface area contributed by atoms with Gasteiger partial charge in [0.15, 0.2) is 5.78 Å². The second kappa shape index (κ2) is 2.78. The molecule has 2 fully saturated rings. The second-order valence-electron chi connectivity index (χ2n) is 3.82. The van der Waals surface area contributed by atoms with Gasteiger partial charge in [0, 0.05) is 6.42 Å². The monoisotopic (exact) mass is 172 g/mol. The summed E-state index contributed by atoms with van der Waals surface area (Å²) in [6, 6.07) is 0. The molecule has 0 radical (unpaired) electrons. The van der Waals surface area contributed by atoms with Crippen molar-refractivity contribution in [2.24, 2.45) is 11.8 Å². The summed E-state index contributed by atoms with van der Waals surface area (Å²) >= 11 is 5.88. The van der Waals surface area contributed by atoms with Gasteiger partial charge in [-0.05, 0) is 24.7 Å². The molecule has 2 aliphatic carbocycles. The summed E-state index contributed by atoms with van der Waals surface area (Å²) in [5.41, 5.74) is 0. The first-order valence-electron chi connectivity index (χ1n) is 4.44. The molecule has 0 saturated heterocycles. The lowest BCUT2D eigenvalue weighted by Crippen LogP contribution is -2.29. The van der Waals surface area contributed by atoms with Gasteiger partial charge in [0.1, 0.15) is 0 Å². The summed E-state index contributed by atoms with van der Waals surface area (Å²) < 4.78 is 0. The molecule has 0 bridgehead atoms. The summed E-state index contributed by atoms with van der Waals surface area (Å²) in [5, 5.41) is -0.158. The SMILES string of the molecule is O=C1C[C@H]2CCC[C@@H]2C[C@H]1Cl. The van der Waals surface area contributed by atoms with E-state index in [1.165, 1.54) is 19.3 Å². The van der Waals surface area contributed by atoms with E-state index in [-0.39, 0.29) is 11.2 Å². The second-order valence-corrected chi connectivity index (χ2v) is 4.35. The van der Waals surface area contributed by atoms with E-state index in [1.807, 2.05) is 0 Å². The molecule has 0 heterocycles. The van der Waals surface area contributed by atoms with Crippen LogP contribution in [0, 0.1) is 11.8 Å². The molecule has 2 aliphatic rings. The van der Waals surface area contributed by atoms with Gasteiger partial charge in [-0.2, -0.15) is 0 Å². The van der Waals surface area contributed by atoms with Crippen LogP contribution in [0.5, 0.6) is 0 Å². The van der Waals surface area contributed by atoms with Crippen LogP contribution in [0.4, 0.5) is 0 Å². The van der Waals surface area contributed by atoms with Gasteiger partial charge in [-0.1, -0.05) is 12.8 Å². The van der Waals surface area contributed by atoms with Gasteiger partial charge in [-0.15, -0.1) is 11.6 Å². The maximum absolute atomic E-state index is 11.2. The van der Waals surface area contributed by atoms with Crippen LogP contribution < -0.4 is 0 Å². The van der Waals surface area contributed by atoms with E-state index in [0.29, 0.717) is 5.92 Å². The molecule has 62 valence electrons. The van der Waals surface area contributed by atoms with Crippen LogP contribution in [-0.2, 0) is 4.79 Å². The predicted molar refractivity (Wildman–Crippen MR) is 44.7 cm³/mol. The fourth-order valence-electron chi connectivity index (χ4n) is 2.48. The molecule has 2 rings (SSSR count). The predicted octanol–water partition coefficient (Wildman–Crippen LogP) is 2.37. The molecule has 0 amide bonds. The van der Waals surface area contributed by atoms with Gasteiger partial charge >= 0.3 is 0 Å². The minimum atomic E-state index is -0.158. The van der Waals surface area contributed by atoms with E-state index in [1.54, 1.807) is 0 Å². The lowest BCUT2D eigenvalue weighted by Gasteiger charge is -2.27. The highest BCUT2D eigenvalue weighted by Crippen LogP contribution is 2.42. The quantitative estimate of drug-likeness (QED) is 0.513. The molecule has 0 aromatic carbocycles. The topological polar surface area (TPSA) is 17.1 Å². The molecule has 2 heteroatoms. The summed E-state index contributed by atoms with van der Waals surface area (Å²) in [6.45, 7) is 0. The smallest absolute Gasteiger partial charge is 0.150 e. The lowest BCUT2D eigenvalue weighted by atomic mass is 9.81. The Kier molecular flexibility index (Phi) is 1.92. The Balaban J connectivity index is 2.06. The molecule has 0 N–H and O–H groups in total. The third-order valence-electron chi connectivity index (χ3n) is 3.14. The van der Waals surface area contributed by atoms with Crippen molar-refractivity contribution in [2.45, 2.75) is 37.5 Å². The summed E-state index contributed by atoms with van der Waals surface area (Å²) in [5.74, 6) is 1.75. The average molecular weight is 173 g/mol. The maximum atomic E-state index is 11.2. The van der Waals surface area contributed by atoms with Crippen LogP contribution in [-0.4, -0.2) is 11.2 Å². The first kappa shape index (κ1) is 7.60. The van der Waals surface area contributed by atoms with Gasteiger partial charge in [-0.3, -0.25) is 4.79 Å². The highest BCUT2D eigenvalue weighted by atomic mass is 35.5. The van der Waals surface area contributed by atoms with Gasteiger partial charge in [-0.25, -0.2) is 0 Å². The third kappa shape index (κ3) is 1.31. The highest BCUT2D eigenvalue weighted by Gasteiger charge is 2.37. The van der Waals surface area contributed by atoms with E-state index in [0.717, 1.165) is 18.8 Å². The molecule has 0 aromatic rings. The number of rotatable bonds is 0. The molecule has 1 nitrogen and oxygen atoms in total. The minimum absolute atomic E-state index is 0.158. The van der Waals surface area contributed by atoms with E-state index in [4.69, 9.17) is 11.6 Å². The van der Waals surface area contributed by atoms with Crippen molar-refractivity contribution in [1.29, 1.82) is 0 Å². The molecule has 2 saturated carbocycles. The first-order valence-corrected chi connectivity index (χ1v) is 4.88. The summed E-state index contributed by atoms with van der Waals surface area (Å²) in [7, 11) is 0. The summed E-state index contributed by atoms with van der Waals surface area (Å²) in [6.07, 6.45) is 5.59. The number of fused-ring (bicyclic) bond motifs is 1. The Bertz CT molecular complexity index is 178. The van der Waals surface area contributed by atoms with Crippen LogP contribution in [0.2, 0.25) is 0 Å². The molecule has 11 heavy (non-hydrogen) atoms. The van der Waals surface area contributed by atoms with E-state index in [2.05, 4.69) is 0 Å². The average Bonchev–Trinajstić information content (AvgIpc) is 2.36. The largest absolute Gasteiger partial charge is 0.298 e. The van der Waals surface area contributed by atoms with Gasteiger partial charge in [0.25, 0.3) is 0 Å². The highest BCUT2D eigenvalue weighted by molar-refractivity contribution is 6.31. The zero-order valence-electron chi connectivity index (χ0n) is 6.55. The maximum Gasteiger partial charge on any atom is 0.150 e. The van der Waals surface area contributed by atoms with Gasteiger partial charge in [0.2, 0.25) is 0 Å². The Hall–Kier alpha value is -0.0400. The lowest BCUT2D eigenvalue weighted by molar-refractivity contribution is -0.121. The fraction of sp³-hybridized carbons (Fsp3) is 0.889. The number of hydrogen-bond donors (Lipinski definition) is 0. The van der Waals surface area contributed by atoms with Crippen molar-refractivity contribution in [3.63, 3.8) is 0 Å². The molecule has 0 spiro atoms. The normalized spacial score (nSPS) is 44.1. The van der Waals surface area contributed by atoms with E-state index < -0.39 is 0 Å². The molecule has 0 unspecified atom stereocenters. The fourth-order valence-corrected chi connectivity index (χ4v) is 2.79. The van der Waals surface area contributed by atoms with Gasteiger partial charge in [0.05, 0.1) is 5.38 Å². The zero-order valence-corrected chi connectivity index (χ0v) is 7.31. The molecular formula is C9H13ClO. The first-order chi connectivity index (χ1) is 5.27. The number of carbonyl (C=O) groups excluding carboxylic acids is 1. The number of carbonyl (C=O) groups is 1. The Morgan fingerprint density at radius 2 is 2.00 bits per heavy atom. The van der Waals surface area contributed by atoms with Crippen molar-refractivity contribution in [3.8, 4) is 0 Å². The summed E-state index contributed by atoms with van der Waals surface area (Å²) in [4.78, 5) is 11.2. The van der Waals surface area contributed by atoms with Crippen molar-refractivity contribution >= 4 is 17.4 Å². The Morgan fingerprint density at radius 1 is 1.27 bits per heavy atom. The van der Waals surface area contributed by atoms with E-state index >= 15 is 0 Å². The molecular weight excluding hydrogens is 160 g/mol. The number of alkyl halides is 1. The Morgan fingerprint density at radius 3 is 2.82 bits per heavy atom. The number of Topliss-reactive ketones (excluding diaryl/α,β-unsaturated/α-hetero) is 1. The van der Waals surface area contributed by atoms with Crippen molar-refractivity contribution in [3.05, 3.63) is 0 Å². The van der Waals surface area contributed by atoms with Crippen molar-refractivity contribution < 1.29 is 4.79 Å². The van der Waals surface area contributed by atoms with Crippen molar-refractivity contribution in [1.82, 2.24) is 0 Å². The van der Waals surface area contributed by atoms with Crippen molar-refractivity contribution in [2.75, 3.05) is 0 Å². The van der Waals surface area contributed by atoms with Crippen LogP contribution >= 0.6 is 11.6 Å². The zero-order chi connectivity index (χ0) is 7.84. The minimum Gasteiger partial charge on any atom is -0.298 e.